The lowest BCUT2D eigenvalue weighted by Crippen LogP contribution is -2.48. The van der Waals surface area contributed by atoms with E-state index in [4.69, 9.17) is 11.6 Å². The SMILES string of the molecule is O=C1NC2(CCCCC2)n2c1c(Cl)cc(NCCc1ccccn1)c2=O. The van der Waals surface area contributed by atoms with E-state index in [1.54, 1.807) is 16.8 Å². The molecule has 0 unspecified atom stereocenters. The number of hydrogen-bond acceptors (Lipinski definition) is 4. The Kier molecular flexibility index (Phi) is 4.44. The summed E-state index contributed by atoms with van der Waals surface area (Å²) in [4.78, 5) is 29.8. The highest BCUT2D eigenvalue weighted by molar-refractivity contribution is 6.34. The van der Waals surface area contributed by atoms with Gasteiger partial charge in [0.25, 0.3) is 11.5 Å². The van der Waals surface area contributed by atoms with E-state index < -0.39 is 5.66 Å². The van der Waals surface area contributed by atoms with E-state index in [1.165, 1.54) is 0 Å². The Hall–Kier alpha value is -2.34. The minimum Gasteiger partial charge on any atom is -0.380 e. The number of anilines is 1. The first-order chi connectivity index (χ1) is 12.6. The van der Waals surface area contributed by atoms with E-state index in [9.17, 15) is 9.59 Å². The molecular weight excluding hydrogens is 352 g/mol. The molecule has 6 nitrogen and oxygen atoms in total. The van der Waals surface area contributed by atoms with Crippen molar-refractivity contribution in [2.24, 2.45) is 0 Å². The Morgan fingerprint density at radius 2 is 2.04 bits per heavy atom. The summed E-state index contributed by atoms with van der Waals surface area (Å²) < 4.78 is 1.60. The maximum Gasteiger partial charge on any atom is 0.276 e. The summed E-state index contributed by atoms with van der Waals surface area (Å²) in [6.45, 7) is 0.566. The predicted octanol–water partition coefficient (Wildman–Crippen LogP) is 2.91. The Morgan fingerprint density at radius 3 is 2.77 bits per heavy atom. The summed E-state index contributed by atoms with van der Waals surface area (Å²) >= 11 is 6.37. The van der Waals surface area contributed by atoms with Gasteiger partial charge in [-0.3, -0.25) is 19.1 Å². The van der Waals surface area contributed by atoms with E-state index in [-0.39, 0.29) is 17.2 Å². The topological polar surface area (TPSA) is 76.0 Å². The van der Waals surface area contributed by atoms with Crippen LogP contribution in [0.15, 0.2) is 35.3 Å². The molecule has 7 heteroatoms. The standard InChI is InChI=1S/C19H21ClN4O2/c20-14-12-15(22-11-7-13-6-2-5-10-21-13)18(26)24-16(14)17(25)23-19(24)8-3-1-4-9-19/h2,5-6,10,12,22H,1,3-4,7-9,11H2,(H,23,25). The highest BCUT2D eigenvalue weighted by Gasteiger charge is 2.45. The molecule has 1 aliphatic heterocycles. The van der Waals surface area contributed by atoms with E-state index >= 15 is 0 Å². The van der Waals surface area contributed by atoms with Gasteiger partial charge in [0.15, 0.2) is 0 Å². The average Bonchev–Trinajstić information content (AvgIpc) is 2.93. The summed E-state index contributed by atoms with van der Waals surface area (Å²) in [5.74, 6) is -0.256. The van der Waals surface area contributed by atoms with Crippen molar-refractivity contribution in [2.75, 3.05) is 11.9 Å². The van der Waals surface area contributed by atoms with Gasteiger partial charge in [-0.1, -0.05) is 24.1 Å². The molecule has 2 N–H and O–H groups in total. The zero-order valence-electron chi connectivity index (χ0n) is 14.4. The second-order valence-electron chi connectivity index (χ2n) is 6.94. The van der Waals surface area contributed by atoms with Crippen LogP contribution in [-0.2, 0) is 12.1 Å². The van der Waals surface area contributed by atoms with Crippen LogP contribution in [0.3, 0.4) is 0 Å². The first-order valence-electron chi connectivity index (χ1n) is 9.03. The molecule has 1 saturated carbocycles. The fourth-order valence-corrected chi connectivity index (χ4v) is 4.29. The van der Waals surface area contributed by atoms with Gasteiger partial charge in [0.1, 0.15) is 17.0 Å². The van der Waals surface area contributed by atoms with Crippen molar-refractivity contribution in [1.82, 2.24) is 14.9 Å². The first-order valence-corrected chi connectivity index (χ1v) is 9.41. The average molecular weight is 373 g/mol. The van der Waals surface area contributed by atoms with Gasteiger partial charge < -0.3 is 10.6 Å². The van der Waals surface area contributed by atoms with Gasteiger partial charge in [-0.2, -0.15) is 0 Å². The molecule has 2 aromatic rings. The minimum atomic E-state index is -0.621. The number of rotatable bonds is 4. The van der Waals surface area contributed by atoms with Gasteiger partial charge in [-0.15, -0.1) is 0 Å². The van der Waals surface area contributed by atoms with Crippen LogP contribution < -0.4 is 16.2 Å². The molecule has 136 valence electrons. The second-order valence-corrected chi connectivity index (χ2v) is 7.35. The van der Waals surface area contributed by atoms with Gasteiger partial charge >= 0.3 is 0 Å². The van der Waals surface area contributed by atoms with Gasteiger partial charge in [-0.25, -0.2) is 0 Å². The molecule has 4 rings (SSSR count). The molecular formula is C19H21ClN4O2. The Balaban J connectivity index is 1.64. The summed E-state index contributed by atoms with van der Waals surface area (Å²) in [6.07, 6.45) is 7.07. The first kappa shape index (κ1) is 17.1. The summed E-state index contributed by atoms with van der Waals surface area (Å²) in [6, 6.07) is 7.32. The molecule has 0 radical (unpaired) electrons. The number of amides is 1. The van der Waals surface area contributed by atoms with E-state index in [1.807, 2.05) is 18.2 Å². The molecule has 1 spiro atoms. The Labute approximate surface area is 156 Å². The van der Waals surface area contributed by atoms with Crippen molar-refractivity contribution < 1.29 is 4.79 Å². The lowest BCUT2D eigenvalue weighted by molar-refractivity contribution is 0.0877. The summed E-state index contributed by atoms with van der Waals surface area (Å²) in [7, 11) is 0. The Bertz CT molecular complexity index is 888. The van der Waals surface area contributed by atoms with Gasteiger partial charge in [-0.05, 0) is 43.9 Å². The molecule has 3 heterocycles. The van der Waals surface area contributed by atoms with Gasteiger partial charge in [0, 0.05) is 24.9 Å². The molecule has 26 heavy (non-hydrogen) atoms. The molecule has 1 amide bonds. The van der Waals surface area contributed by atoms with Crippen molar-refractivity contribution >= 4 is 23.2 Å². The van der Waals surface area contributed by atoms with Crippen LogP contribution >= 0.6 is 11.6 Å². The van der Waals surface area contributed by atoms with Crippen LogP contribution in [-0.4, -0.2) is 22.0 Å². The highest BCUT2D eigenvalue weighted by Crippen LogP contribution is 2.38. The van der Waals surface area contributed by atoms with Gasteiger partial charge in [0.2, 0.25) is 0 Å². The molecule has 2 aromatic heterocycles. The maximum atomic E-state index is 13.1. The number of hydrogen-bond donors (Lipinski definition) is 2. The van der Waals surface area contributed by atoms with Crippen molar-refractivity contribution in [3.8, 4) is 0 Å². The Morgan fingerprint density at radius 1 is 1.23 bits per heavy atom. The number of fused-ring (bicyclic) bond motifs is 2. The van der Waals surface area contributed by atoms with Crippen molar-refractivity contribution in [3.05, 3.63) is 57.2 Å². The minimum absolute atomic E-state index is 0.189. The van der Waals surface area contributed by atoms with Crippen LogP contribution in [0.4, 0.5) is 5.69 Å². The van der Waals surface area contributed by atoms with Crippen LogP contribution in [0.25, 0.3) is 0 Å². The number of nitrogens with one attached hydrogen (secondary N) is 2. The molecule has 0 bridgehead atoms. The normalized spacial score (nSPS) is 17.8. The van der Waals surface area contributed by atoms with Crippen LogP contribution in [0.2, 0.25) is 5.02 Å². The van der Waals surface area contributed by atoms with Crippen LogP contribution in [0.5, 0.6) is 0 Å². The molecule has 1 fully saturated rings. The number of carbonyl (C=O) groups is 1. The molecule has 1 aliphatic carbocycles. The van der Waals surface area contributed by atoms with E-state index in [2.05, 4.69) is 15.6 Å². The lowest BCUT2D eigenvalue weighted by Gasteiger charge is -2.35. The third kappa shape index (κ3) is 2.88. The zero-order valence-corrected chi connectivity index (χ0v) is 15.2. The van der Waals surface area contributed by atoms with E-state index in [0.29, 0.717) is 23.7 Å². The van der Waals surface area contributed by atoms with Crippen molar-refractivity contribution in [1.29, 1.82) is 0 Å². The smallest absolute Gasteiger partial charge is 0.276 e. The maximum absolute atomic E-state index is 13.1. The van der Waals surface area contributed by atoms with Crippen LogP contribution in [0, 0.1) is 0 Å². The third-order valence-electron chi connectivity index (χ3n) is 5.25. The van der Waals surface area contributed by atoms with Crippen molar-refractivity contribution in [3.63, 3.8) is 0 Å². The number of aromatic nitrogens is 2. The number of nitrogens with zero attached hydrogens (tertiary/aromatic N) is 2. The van der Waals surface area contributed by atoms with Gasteiger partial charge in [0.05, 0.1) is 5.02 Å². The number of pyridine rings is 2. The molecule has 0 atom stereocenters. The quantitative estimate of drug-likeness (QED) is 0.865. The highest BCUT2D eigenvalue weighted by atomic mass is 35.5. The van der Waals surface area contributed by atoms with E-state index in [0.717, 1.165) is 37.8 Å². The molecule has 0 saturated heterocycles. The fraction of sp³-hybridized carbons (Fsp3) is 0.421. The van der Waals surface area contributed by atoms with Crippen molar-refractivity contribution in [2.45, 2.75) is 44.2 Å². The number of carbonyl (C=O) groups excluding carboxylic acids is 1. The number of halogens is 1. The predicted molar refractivity (Wildman–Crippen MR) is 101 cm³/mol. The third-order valence-corrected chi connectivity index (χ3v) is 5.54. The zero-order chi connectivity index (χ0) is 18.1. The largest absolute Gasteiger partial charge is 0.380 e. The lowest BCUT2D eigenvalue weighted by atomic mass is 9.89. The molecule has 2 aliphatic rings. The summed E-state index contributed by atoms with van der Waals surface area (Å²) in [5, 5.41) is 6.51. The van der Waals surface area contributed by atoms with Crippen LogP contribution in [0.1, 0.15) is 48.3 Å². The fourth-order valence-electron chi connectivity index (χ4n) is 4.01. The molecule has 0 aromatic carbocycles. The monoisotopic (exact) mass is 372 g/mol. The second kappa shape index (κ2) is 6.76. The summed E-state index contributed by atoms with van der Waals surface area (Å²) in [5.41, 5.74) is 0.855.